The highest BCUT2D eigenvalue weighted by Crippen LogP contribution is 2.36. The van der Waals surface area contributed by atoms with Crippen LogP contribution in [-0.2, 0) is 6.54 Å². The topological polar surface area (TPSA) is 51.5 Å². The molecule has 2 bridgehead atoms. The molecule has 2 aliphatic heterocycles. The summed E-state index contributed by atoms with van der Waals surface area (Å²) in [7, 11) is 0. The minimum absolute atomic E-state index is 0.0308. The molecule has 0 aliphatic carbocycles. The molecule has 0 N–H and O–H groups in total. The maximum absolute atomic E-state index is 13.2. The molecular formula is C23H19F3N2O3S. The van der Waals surface area contributed by atoms with Gasteiger partial charge in [-0.05, 0) is 53.6 Å². The predicted octanol–water partition coefficient (Wildman–Crippen LogP) is 4.73. The Hall–Kier alpha value is -3.07. The molecule has 2 atom stereocenters. The van der Waals surface area contributed by atoms with E-state index in [4.69, 9.17) is 0 Å². The Bertz CT molecular complexity index is 1200. The zero-order valence-corrected chi connectivity index (χ0v) is 17.7. The number of alkyl halides is 3. The summed E-state index contributed by atoms with van der Waals surface area (Å²) >= 11 is 1.43. The summed E-state index contributed by atoms with van der Waals surface area (Å²) in [5.74, 6) is -0.0379. The fourth-order valence-corrected chi connectivity index (χ4v) is 5.41. The monoisotopic (exact) mass is 460 g/mol. The molecule has 2 aromatic heterocycles. The number of amides is 1. The minimum atomic E-state index is -4.76. The van der Waals surface area contributed by atoms with Crippen LogP contribution in [0.4, 0.5) is 13.2 Å². The summed E-state index contributed by atoms with van der Waals surface area (Å²) in [4.78, 5) is 28.6. The second-order valence-corrected chi connectivity index (χ2v) is 9.09. The SMILES string of the molecule is O=C(c1cccs1)N1C[C@H]2C[C@H](C1)c1ccc(-c3ccc(OC(F)(F)F)cc3)c(=O)n1C2. The summed E-state index contributed by atoms with van der Waals surface area (Å²) in [5, 5.41) is 1.89. The fraction of sp³-hybridized carbons (Fsp3) is 0.304. The van der Waals surface area contributed by atoms with Gasteiger partial charge in [0.2, 0.25) is 0 Å². The summed E-state index contributed by atoms with van der Waals surface area (Å²) in [6.45, 7) is 1.68. The smallest absolute Gasteiger partial charge is 0.406 e. The van der Waals surface area contributed by atoms with E-state index in [9.17, 15) is 22.8 Å². The van der Waals surface area contributed by atoms with E-state index in [0.29, 0.717) is 30.8 Å². The molecule has 1 fully saturated rings. The third-order valence-corrected chi connectivity index (χ3v) is 6.88. The van der Waals surface area contributed by atoms with Crippen molar-refractivity contribution in [2.45, 2.75) is 25.2 Å². The van der Waals surface area contributed by atoms with Gasteiger partial charge in [0.05, 0.1) is 4.88 Å². The van der Waals surface area contributed by atoms with Crippen LogP contribution in [-0.4, -0.2) is 34.8 Å². The summed E-state index contributed by atoms with van der Waals surface area (Å²) < 4.78 is 42.8. The Balaban J connectivity index is 1.41. The van der Waals surface area contributed by atoms with Crippen molar-refractivity contribution in [2.24, 2.45) is 5.92 Å². The maximum Gasteiger partial charge on any atom is 0.573 e. The molecule has 3 aromatic rings. The van der Waals surface area contributed by atoms with E-state index in [1.807, 2.05) is 28.5 Å². The van der Waals surface area contributed by atoms with Gasteiger partial charge in [0.25, 0.3) is 11.5 Å². The lowest BCUT2D eigenvalue weighted by atomic mass is 9.82. The predicted molar refractivity (Wildman–Crippen MR) is 114 cm³/mol. The van der Waals surface area contributed by atoms with Crippen LogP contribution in [0.1, 0.15) is 27.7 Å². The van der Waals surface area contributed by atoms with E-state index < -0.39 is 6.36 Å². The molecule has 0 unspecified atom stereocenters. The fourth-order valence-electron chi connectivity index (χ4n) is 4.72. The lowest BCUT2D eigenvalue weighted by molar-refractivity contribution is -0.274. The number of carbonyl (C=O) groups is 1. The second-order valence-electron chi connectivity index (χ2n) is 8.15. The van der Waals surface area contributed by atoms with E-state index in [2.05, 4.69) is 4.74 Å². The van der Waals surface area contributed by atoms with Gasteiger partial charge in [0.15, 0.2) is 0 Å². The quantitative estimate of drug-likeness (QED) is 0.568. The number of likely N-dealkylation sites (tertiary alicyclic amines) is 1. The first kappa shape index (κ1) is 20.8. The van der Waals surface area contributed by atoms with Crippen molar-refractivity contribution < 1.29 is 22.7 Å². The van der Waals surface area contributed by atoms with Gasteiger partial charge in [-0.15, -0.1) is 24.5 Å². The first-order valence-electron chi connectivity index (χ1n) is 10.2. The van der Waals surface area contributed by atoms with Crippen molar-refractivity contribution in [3.05, 3.63) is 74.8 Å². The molecule has 1 saturated heterocycles. The molecule has 9 heteroatoms. The molecule has 1 aromatic carbocycles. The number of fused-ring (bicyclic) bond motifs is 4. The van der Waals surface area contributed by atoms with Gasteiger partial charge in [-0.25, -0.2) is 0 Å². The van der Waals surface area contributed by atoms with Crippen molar-refractivity contribution in [1.82, 2.24) is 9.47 Å². The van der Waals surface area contributed by atoms with Crippen LogP contribution in [0.15, 0.2) is 58.7 Å². The Morgan fingerprint density at radius 1 is 1.03 bits per heavy atom. The van der Waals surface area contributed by atoms with Crippen molar-refractivity contribution in [1.29, 1.82) is 0 Å². The molecular weight excluding hydrogens is 441 g/mol. The zero-order valence-electron chi connectivity index (χ0n) is 16.8. The summed E-state index contributed by atoms with van der Waals surface area (Å²) in [6, 6.07) is 12.6. The van der Waals surface area contributed by atoms with Crippen molar-refractivity contribution in [3.63, 3.8) is 0 Å². The van der Waals surface area contributed by atoms with E-state index in [-0.39, 0.29) is 29.1 Å². The summed E-state index contributed by atoms with van der Waals surface area (Å²) in [6.07, 6.45) is -3.83. The van der Waals surface area contributed by atoms with E-state index in [1.165, 1.54) is 35.6 Å². The first-order chi connectivity index (χ1) is 15.3. The minimum Gasteiger partial charge on any atom is -0.406 e. The number of aromatic nitrogens is 1. The number of thiophene rings is 1. The van der Waals surface area contributed by atoms with Crippen LogP contribution in [0.25, 0.3) is 11.1 Å². The highest BCUT2D eigenvalue weighted by Gasteiger charge is 2.37. The third kappa shape index (κ3) is 3.92. The number of nitrogens with zero attached hydrogens (tertiary/aromatic N) is 2. The van der Waals surface area contributed by atoms with Crippen LogP contribution in [0.3, 0.4) is 0 Å². The Morgan fingerprint density at radius 3 is 2.50 bits per heavy atom. The van der Waals surface area contributed by atoms with Gasteiger partial charge in [0.1, 0.15) is 5.75 Å². The Kier molecular flexibility index (Phi) is 5.08. The van der Waals surface area contributed by atoms with Crippen LogP contribution >= 0.6 is 11.3 Å². The Morgan fingerprint density at radius 2 is 1.81 bits per heavy atom. The molecule has 1 amide bonds. The van der Waals surface area contributed by atoms with E-state index in [0.717, 1.165) is 17.0 Å². The first-order valence-corrected chi connectivity index (χ1v) is 11.1. The molecule has 166 valence electrons. The van der Waals surface area contributed by atoms with Gasteiger partial charge in [0, 0.05) is 36.8 Å². The van der Waals surface area contributed by atoms with Gasteiger partial charge in [-0.3, -0.25) is 9.59 Å². The van der Waals surface area contributed by atoms with Gasteiger partial charge >= 0.3 is 6.36 Å². The van der Waals surface area contributed by atoms with Crippen LogP contribution in [0.5, 0.6) is 5.75 Å². The maximum atomic E-state index is 13.2. The lowest BCUT2D eigenvalue weighted by Crippen LogP contribution is -2.49. The molecule has 0 saturated carbocycles. The van der Waals surface area contributed by atoms with Crippen LogP contribution < -0.4 is 10.3 Å². The number of hydrogen-bond acceptors (Lipinski definition) is 4. The number of benzene rings is 1. The van der Waals surface area contributed by atoms with Gasteiger partial charge in [-0.2, -0.15) is 0 Å². The number of halogens is 3. The van der Waals surface area contributed by atoms with Gasteiger partial charge < -0.3 is 14.2 Å². The van der Waals surface area contributed by atoms with E-state index >= 15 is 0 Å². The van der Waals surface area contributed by atoms with Crippen molar-refractivity contribution in [2.75, 3.05) is 13.1 Å². The highest BCUT2D eigenvalue weighted by molar-refractivity contribution is 7.12. The molecule has 4 heterocycles. The second kappa shape index (κ2) is 7.81. The molecule has 5 rings (SSSR count). The van der Waals surface area contributed by atoms with E-state index in [1.54, 1.807) is 10.6 Å². The average Bonchev–Trinajstić information content (AvgIpc) is 3.28. The van der Waals surface area contributed by atoms with Crippen molar-refractivity contribution >= 4 is 17.2 Å². The van der Waals surface area contributed by atoms with Crippen LogP contribution in [0.2, 0.25) is 0 Å². The molecule has 32 heavy (non-hydrogen) atoms. The number of carbonyl (C=O) groups excluding carboxylic acids is 1. The number of rotatable bonds is 3. The van der Waals surface area contributed by atoms with Crippen LogP contribution in [0, 0.1) is 5.92 Å². The number of piperidine rings is 1. The highest BCUT2D eigenvalue weighted by atomic mass is 32.1. The Labute approximate surface area is 185 Å². The normalized spacial score (nSPS) is 20.0. The number of ether oxygens (including phenoxy) is 1. The molecule has 2 aliphatic rings. The van der Waals surface area contributed by atoms with Gasteiger partial charge in [-0.1, -0.05) is 18.2 Å². The third-order valence-electron chi connectivity index (χ3n) is 6.02. The molecule has 0 radical (unpaired) electrons. The average molecular weight is 460 g/mol. The number of pyridine rings is 1. The number of hydrogen-bond donors (Lipinski definition) is 0. The zero-order chi connectivity index (χ0) is 22.5. The lowest BCUT2D eigenvalue weighted by Gasteiger charge is -2.42. The summed E-state index contributed by atoms with van der Waals surface area (Å²) in [5.41, 5.74) is 1.69. The molecule has 5 nitrogen and oxygen atoms in total. The van der Waals surface area contributed by atoms with Crippen molar-refractivity contribution in [3.8, 4) is 16.9 Å². The largest absolute Gasteiger partial charge is 0.573 e. The molecule has 0 spiro atoms. The standard InChI is InChI=1S/C23H19F3N2O3S/c24-23(25,26)31-17-5-3-15(4-6-17)18-7-8-19-16-10-14(12-28(19)21(18)29)11-27(13-16)22(30)20-2-1-9-32-20/h1-9,14,16H,10-13H2/t14-,16-/m1/s1.